The van der Waals surface area contributed by atoms with E-state index in [0.717, 1.165) is 12.8 Å². The Morgan fingerprint density at radius 1 is 1.16 bits per heavy atom. The summed E-state index contributed by atoms with van der Waals surface area (Å²) in [6.45, 7) is 6.67. The molecule has 0 spiro atoms. The predicted octanol–water partition coefficient (Wildman–Crippen LogP) is 4.12. The van der Waals surface area contributed by atoms with Crippen molar-refractivity contribution in [2.24, 2.45) is 5.92 Å². The van der Waals surface area contributed by atoms with Crippen LogP contribution in [0.5, 0.6) is 6.08 Å². The lowest BCUT2D eigenvalue weighted by atomic mass is 10.0. The second-order valence-electron chi connectivity index (χ2n) is 15.0. The van der Waals surface area contributed by atoms with Crippen molar-refractivity contribution in [3.63, 3.8) is 0 Å². The van der Waals surface area contributed by atoms with Gasteiger partial charge in [-0.15, -0.1) is 0 Å². The highest BCUT2D eigenvalue weighted by atomic mass is 35.5. The zero-order valence-electron chi connectivity index (χ0n) is 28.6. The van der Waals surface area contributed by atoms with E-state index in [0.29, 0.717) is 48.2 Å². The molecule has 6 rings (SSSR count). The van der Waals surface area contributed by atoms with E-state index in [1.54, 1.807) is 45.9 Å². The van der Waals surface area contributed by atoms with Crippen LogP contribution in [0.15, 0.2) is 34.8 Å². The standard InChI is InChI=1S/C34H44ClN5O9S/c1-32(2,3)49-30(44)36-23-11-9-7-5-6-8-10-20-18-34(20,29(43)39-50(45,46)33(4)14-15-33)38-27(41)25-17-22(19-40(25)28(23)42)47-31-37-24-16-21(35)12-13-26(24)48-31/h8,10,12-13,16,20,22-23,25H,5-7,9,11,14-15,17-19H2,1-4H3,(H,36,44)(H,38,41)(H,39,43)/t20-,22-,23+,25+,34-/m1/s1. The van der Waals surface area contributed by atoms with Crippen molar-refractivity contribution in [1.82, 2.24) is 25.2 Å². The number of oxazole rings is 1. The summed E-state index contributed by atoms with van der Waals surface area (Å²) in [5.41, 5.74) is -1.43. The van der Waals surface area contributed by atoms with Gasteiger partial charge in [0.1, 0.15) is 34.8 Å². The molecule has 0 bridgehead atoms. The number of nitrogens with zero attached hydrogens (tertiary/aromatic N) is 2. The van der Waals surface area contributed by atoms with Crippen molar-refractivity contribution in [1.29, 1.82) is 0 Å². The maximum atomic E-state index is 14.3. The largest absolute Gasteiger partial charge is 0.445 e. The fraction of sp³-hybridized carbons (Fsp3) is 0.618. The molecule has 14 nitrogen and oxygen atoms in total. The van der Waals surface area contributed by atoms with Gasteiger partial charge in [-0.25, -0.2) is 13.2 Å². The number of nitrogens with one attached hydrogen (secondary N) is 3. The molecule has 3 fully saturated rings. The number of carbonyl (C=O) groups is 4. The first-order valence-electron chi connectivity index (χ1n) is 17.1. The summed E-state index contributed by atoms with van der Waals surface area (Å²) in [4.78, 5) is 60.8. The van der Waals surface area contributed by atoms with Crippen molar-refractivity contribution >= 4 is 56.5 Å². The lowest BCUT2D eigenvalue weighted by Crippen LogP contribution is -2.58. The van der Waals surface area contributed by atoms with Gasteiger partial charge in [-0.2, -0.15) is 4.98 Å². The number of alkyl carbamates (subject to hydrolysis) is 1. The minimum Gasteiger partial charge on any atom is -0.445 e. The third-order valence-electron chi connectivity index (χ3n) is 9.76. The lowest BCUT2D eigenvalue weighted by molar-refractivity contribution is -0.141. The fourth-order valence-corrected chi connectivity index (χ4v) is 7.95. The van der Waals surface area contributed by atoms with Gasteiger partial charge >= 0.3 is 12.2 Å². The average Bonchev–Trinajstić information content (AvgIpc) is 3.83. The molecule has 1 aromatic carbocycles. The molecule has 4 aliphatic rings. The summed E-state index contributed by atoms with van der Waals surface area (Å²) in [7, 11) is -3.98. The normalized spacial score (nSPS) is 28.4. The highest BCUT2D eigenvalue weighted by molar-refractivity contribution is 7.91. The highest BCUT2D eigenvalue weighted by Crippen LogP contribution is 2.47. The van der Waals surface area contributed by atoms with Gasteiger partial charge in [0.2, 0.25) is 21.8 Å². The van der Waals surface area contributed by atoms with Crippen molar-refractivity contribution in [2.75, 3.05) is 6.54 Å². The number of rotatable bonds is 6. The quantitative estimate of drug-likeness (QED) is 0.365. The number of aromatic nitrogens is 1. The second-order valence-corrected chi connectivity index (χ2v) is 17.6. The molecule has 3 heterocycles. The highest BCUT2D eigenvalue weighted by Gasteiger charge is 2.63. The Balaban J connectivity index is 1.29. The third kappa shape index (κ3) is 7.73. The van der Waals surface area contributed by atoms with Gasteiger partial charge in [0, 0.05) is 17.4 Å². The minimum absolute atomic E-state index is 0.00475. The van der Waals surface area contributed by atoms with Crippen LogP contribution in [0.25, 0.3) is 11.1 Å². The minimum atomic E-state index is -3.98. The second kappa shape index (κ2) is 13.4. The van der Waals surface area contributed by atoms with Gasteiger partial charge in [0.15, 0.2) is 5.58 Å². The molecule has 5 atom stereocenters. The van der Waals surface area contributed by atoms with Crippen molar-refractivity contribution < 1.29 is 41.5 Å². The first-order valence-corrected chi connectivity index (χ1v) is 18.9. The zero-order chi connectivity index (χ0) is 36.1. The molecule has 1 saturated heterocycles. The molecule has 2 aliphatic heterocycles. The van der Waals surface area contributed by atoms with E-state index in [1.165, 1.54) is 4.90 Å². The number of fused-ring (bicyclic) bond motifs is 3. The molecule has 50 heavy (non-hydrogen) atoms. The van der Waals surface area contributed by atoms with Crippen LogP contribution in [0, 0.1) is 5.92 Å². The maximum Gasteiger partial charge on any atom is 0.408 e. The van der Waals surface area contributed by atoms with Crippen molar-refractivity contribution in [3.05, 3.63) is 35.4 Å². The fourth-order valence-electron chi connectivity index (χ4n) is 6.47. The van der Waals surface area contributed by atoms with Crippen LogP contribution in [0.3, 0.4) is 0 Å². The SMILES string of the molecule is CC(C)(C)OC(=O)N[C@H]1CCCCCC=C[C@@H]2C[C@@]2(C(=O)NS(=O)(=O)C2(C)CC2)NC(=O)[C@@H]2C[C@@H](Oc3nc4cc(Cl)ccc4o3)CN2C1=O. The summed E-state index contributed by atoms with van der Waals surface area (Å²) < 4.78 is 44.6. The molecule has 1 aromatic heterocycles. The number of ether oxygens (including phenoxy) is 2. The first kappa shape index (κ1) is 36.0. The molecular weight excluding hydrogens is 690 g/mol. The Labute approximate surface area is 296 Å². The molecule has 3 N–H and O–H groups in total. The Hall–Kier alpha value is -3.85. The van der Waals surface area contributed by atoms with E-state index in [9.17, 15) is 27.6 Å². The number of amides is 4. The summed E-state index contributed by atoms with van der Waals surface area (Å²) >= 11 is 6.10. The molecule has 272 valence electrons. The predicted molar refractivity (Wildman–Crippen MR) is 183 cm³/mol. The van der Waals surface area contributed by atoms with Gasteiger partial charge in [0.25, 0.3) is 5.91 Å². The summed E-state index contributed by atoms with van der Waals surface area (Å²) in [6.07, 6.45) is 6.40. The monoisotopic (exact) mass is 733 g/mol. The Morgan fingerprint density at radius 2 is 1.92 bits per heavy atom. The van der Waals surface area contributed by atoms with Crippen molar-refractivity contribution in [3.8, 4) is 6.08 Å². The van der Waals surface area contributed by atoms with Crippen LogP contribution in [-0.4, -0.2) is 82.7 Å². The third-order valence-corrected chi connectivity index (χ3v) is 12.2. The molecule has 2 saturated carbocycles. The number of hydrogen-bond donors (Lipinski definition) is 3. The topological polar surface area (TPSA) is 186 Å². The Morgan fingerprint density at radius 3 is 2.64 bits per heavy atom. The summed E-state index contributed by atoms with van der Waals surface area (Å²) in [6, 6.07) is 2.77. The van der Waals surface area contributed by atoms with E-state index in [1.807, 2.05) is 12.2 Å². The van der Waals surface area contributed by atoms with Crippen LogP contribution in [-0.2, 0) is 29.1 Å². The average molecular weight is 734 g/mol. The van der Waals surface area contributed by atoms with E-state index in [4.69, 9.17) is 25.5 Å². The van der Waals surface area contributed by atoms with E-state index in [-0.39, 0.29) is 25.5 Å². The van der Waals surface area contributed by atoms with Crippen LogP contribution >= 0.6 is 11.6 Å². The molecular formula is C34H44ClN5O9S. The Bertz CT molecular complexity index is 1820. The van der Waals surface area contributed by atoms with Crippen molar-refractivity contribution in [2.45, 2.75) is 120 Å². The first-order chi connectivity index (χ1) is 23.5. The van der Waals surface area contributed by atoms with Gasteiger partial charge < -0.3 is 29.4 Å². The van der Waals surface area contributed by atoms with Crippen LogP contribution in [0.4, 0.5) is 4.79 Å². The smallest absolute Gasteiger partial charge is 0.408 e. The summed E-state index contributed by atoms with van der Waals surface area (Å²) in [5, 5.41) is 6.01. The van der Waals surface area contributed by atoms with E-state index < -0.39 is 73.8 Å². The van der Waals surface area contributed by atoms with Gasteiger partial charge in [-0.05, 0) is 84.4 Å². The van der Waals surface area contributed by atoms with Crippen LogP contribution < -0.4 is 20.1 Å². The van der Waals surface area contributed by atoms with Gasteiger partial charge in [0.05, 0.1) is 11.3 Å². The molecule has 0 radical (unpaired) electrons. The molecule has 0 unspecified atom stereocenters. The molecule has 2 aromatic rings. The van der Waals surface area contributed by atoms with Gasteiger partial charge in [-0.1, -0.05) is 36.6 Å². The molecule has 2 aliphatic carbocycles. The number of halogens is 1. The molecule has 16 heteroatoms. The number of sulfonamides is 1. The summed E-state index contributed by atoms with van der Waals surface area (Å²) in [5.74, 6) is -2.42. The zero-order valence-corrected chi connectivity index (χ0v) is 30.2. The van der Waals surface area contributed by atoms with Crippen LogP contribution in [0.2, 0.25) is 5.02 Å². The number of allylic oxidation sites excluding steroid dienone is 1. The van der Waals surface area contributed by atoms with Gasteiger partial charge in [-0.3, -0.25) is 19.1 Å². The number of hydrogen-bond acceptors (Lipinski definition) is 10. The van der Waals surface area contributed by atoms with E-state index in [2.05, 4.69) is 20.3 Å². The van der Waals surface area contributed by atoms with E-state index >= 15 is 0 Å². The van der Waals surface area contributed by atoms with Crippen LogP contribution in [0.1, 0.15) is 85.5 Å². The number of benzene rings is 1. The molecule has 4 amide bonds. The number of carbonyl (C=O) groups excluding carboxylic acids is 4. The Kier molecular flexibility index (Phi) is 9.61. The lowest BCUT2D eigenvalue weighted by Gasteiger charge is -2.30. The maximum absolute atomic E-state index is 14.3.